The second-order valence-corrected chi connectivity index (χ2v) is 6.99. The molecule has 1 saturated heterocycles. The van der Waals surface area contributed by atoms with Crippen LogP contribution in [0.3, 0.4) is 0 Å². The smallest absolute Gasteiger partial charge is 0.410 e. The van der Waals surface area contributed by atoms with Crippen molar-refractivity contribution in [3.8, 4) is 0 Å². The van der Waals surface area contributed by atoms with E-state index in [1.54, 1.807) is 0 Å². The molecule has 7 heteroatoms. The number of amides is 2. The van der Waals surface area contributed by atoms with E-state index in [9.17, 15) is 14.4 Å². The van der Waals surface area contributed by atoms with Gasteiger partial charge in [-0.25, -0.2) is 9.59 Å². The van der Waals surface area contributed by atoms with E-state index in [1.165, 1.54) is 12.0 Å². The number of rotatable bonds is 7. The second kappa shape index (κ2) is 10.5. The highest BCUT2D eigenvalue weighted by molar-refractivity contribution is 5.90. The van der Waals surface area contributed by atoms with E-state index in [0.29, 0.717) is 25.8 Å². The third-order valence-electron chi connectivity index (χ3n) is 4.56. The maximum absolute atomic E-state index is 12.7. The molecule has 0 aliphatic carbocycles. The summed E-state index contributed by atoms with van der Waals surface area (Å²) in [4.78, 5) is 38.6. The van der Waals surface area contributed by atoms with E-state index in [4.69, 9.17) is 9.47 Å². The maximum Gasteiger partial charge on any atom is 0.410 e. The minimum absolute atomic E-state index is 0.149. The lowest BCUT2D eigenvalue weighted by molar-refractivity contribution is -0.145. The second-order valence-electron chi connectivity index (χ2n) is 6.99. The number of allylic oxidation sites excluding steroid dienone is 1. The summed E-state index contributed by atoms with van der Waals surface area (Å²) in [5, 5.41) is 2.72. The molecule has 0 aromatic heterocycles. The summed E-state index contributed by atoms with van der Waals surface area (Å²) in [6.07, 6.45) is 2.91. The number of carbonyl (C=O) groups is 3. The largest absolute Gasteiger partial charge is 0.467 e. The number of benzene rings is 1. The molecule has 1 fully saturated rings. The van der Waals surface area contributed by atoms with Crippen molar-refractivity contribution in [1.82, 2.24) is 10.2 Å². The molecule has 0 unspecified atom stereocenters. The fourth-order valence-corrected chi connectivity index (χ4v) is 3.04. The number of nitrogens with zero attached hydrogens (tertiary/aromatic N) is 1. The molecule has 1 heterocycles. The SMILES string of the molecule is COC(=O)[C@@H](CC=C(C)C)NC(=O)[C@H]1CCCN1C(=O)OCc1ccccc1. The Bertz CT molecular complexity index is 713. The van der Waals surface area contributed by atoms with E-state index in [0.717, 1.165) is 11.1 Å². The van der Waals surface area contributed by atoms with Crippen LogP contribution in [-0.4, -0.2) is 48.6 Å². The van der Waals surface area contributed by atoms with Gasteiger partial charge in [-0.05, 0) is 38.7 Å². The number of likely N-dealkylation sites (tertiary alicyclic amines) is 1. The monoisotopic (exact) mass is 388 g/mol. The molecule has 0 spiro atoms. The van der Waals surface area contributed by atoms with Gasteiger partial charge in [0.25, 0.3) is 0 Å². The van der Waals surface area contributed by atoms with Crippen LogP contribution >= 0.6 is 0 Å². The maximum atomic E-state index is 12.7. The molecular weight excluding hydrogens is 360 g/mol. The van der Waals surface area contributed by atoms with Crippen LogP contribution in [0.5, 0.6) is 0 Å². The molecule has 1 N–H and O–H groups in total. The summed E-state index contributed by atoms with van der Waals surface area (Å²) >= 11 is 0. The van der Waals surface area contributed by atoms with Crippen molar-refractivity contribution in [2.45, 2.75) is 51.8 Å². The average Bonchev–Trinajstić information content (AvgIpc) is 3.19. The summed E-state index contributed by atoms with van der Waals surface area (Å²) in [5.74, 6) is -0.881. The van der Waals surface area contributed by atoms with E-state index < -0.39 is 24.1 Å². The van der Waals surface area contributed by atoms with E-state index in [2.05, 4.69) is 5.32 Å². The van der Waals surface area contributed by atoms with Crippen molar-refractivity contribution < 1.29 is 23.9 Å². The van der Waals surface area contributed by atoms with Gasteiger partial charge >= 0.3 is 12.1 Å². The first-order chi connectivity index (χ1) is 13.4. The van der Waals surface area contributed by atoms with Gasteiger partial charge in [-0.2, -0.15) is 0 Å². The number of methoxy groups -OCH3 is 1. The van der Waals surface area contributed by atoms with Crippen molar-refractivity contribution >= 4 is 18.0 Å². The number of hydrogen-bond acceptors (Lipinski definition) is 5. The summed E-state index contributed by atoms with van der Waals surface area (Å²) in [7, 11) is 1.28. The highest BCUT2D eigenvalue weighted by Gasteiger charge is 2.36. The van der Waals surface area contributed by atoms with Crippen molar-refractivity contribution in [3.63, 3.8) is 0 Å². The number of carbonyl (C=O) groups excluding carboxylic acids is 3. The number of esters is 1. The number of nitrogens with one attached hydrogen (secondary N) is 1. The quantitative estimate of drug-likeness (QED) is 0.573. The molecule has 2 atom stereocenters. The zero-order valence-corrected chi connectivity index (χ0v) is 16.6. The van der Waals surface area contributed by atoms with Gasteiger partial charge in [0.05, 0.1) is 7.11 Å². The lowest BCUT2D eigenvalue weighted by Crippen LogP contribution is -2.51. The predicted octanol–water partition coefficient (Wildman–Crippen LogP) is 2.80. The Morgan fingerprint density at radius 3 is 2.61 bits per heavy atom. The molecule has 1 aliphatic rings. The summed E-state index contributed by atoms with van der Waals surface area (Å²) < 4.78 is 10.1. The first-order valence-corrected chi connectivity index (χ1v) is 9.41. The summed E-state index contributed by atoms with van der Waals surface area (Å²) in [6, 6.07) is 7.93. The Kier molecular flexibility index (Phi) is 8.04. The molecule has 0 bridgehead atoms. The van der Waals surface area contributed by atoms with Crippen LogP contribution in [-0.2, 0) is 25.7 Å². The Morgan fingerprint density at radius 1 is 1.25 bits per heavy atom. The highest BCUT2D eigenvalue weighted by Crippen LogP contribution is 2.19. The number of ether oxygens (including phenoxy) is 2. The third kappa shape index (κ3) is 6.11. The lowest BCUT2D eigenvalue weighted by Gasteiger charge is -2.25. The normalized spacial score (nSPS) is 16.8. The molecule has 152 valence electrons. The van der Waals surface area contributed by atoms with Crippen LogP contribution in [0, 0.1) is 0 Å². The highest BCUT2D eigenvalue weighted by atomic mass is 16.6. The molecule has 28 heavy (non-hydrogen) atoms. The van der Waals surface area contributed by atoms with Crippen molar-refractivity contribution in [2.75, 3.05) is 13.7 Å². The van der Waals surface area contributed by atoms with Crippen LogP contribution in [0.25, 0.3) is 0 Å². The van der Waals surface area contributed by atoms with E-state index in [-0.39, 0.29) is 12.5 Å². The molecular formula is C21H28N2O5. The Labute approximate surface area is 165 Å². The van der Waals surface area contributed by atoms with Crippen molar-refractivity contribution in [3.05, 3.63) is 47.5 Å². The zero-order chi connectivity index (χ0) is 20.5. The van der Waals surface area contributed by atoms with Crippen molar-refractivity contribution in [1.29, 1.82) is 0 Å². The van der Waals surface area contributed by atoms with Gasteiger partial charge in [0.15, 0.2) is 0 Å². The lowest BCUT2D eigenvalue weighted by atomic mass is 10.1. The molecule has 1 aliphatic heterocycles. The number of hydrogen-bond donors (Lipinski definition) is 1. The van der Waals surface area contributed by atoms with Crippen LogP contribution in [0.4, 0.5) is 4.79 Å². The zero-order valence-electron chi connectivity index (χ0n) is 16.6. The van der Waals surface area contributed by atoms with E-state index in [1.807, 2.05) is 50.3 Å². The molecule has 2 rings (SSSR count). The fraction of sp³-hybridized carbons (Fsp3) is 0.476. The minimum Gasteiger partial charge on any atom is -0.467 e. The van der Waals surface area contributed by atoms with Gasteiger partial charge in [-0.15, -0.1) is 0 Å². The molecule has 0 saturated carbocycles. The van der Waals surface area contributed by atoms with Gasteiger partial charge in [-0.3, -0.25) is 9.69 Å². The molecule has 0 radical (unpaired) electrons. The molecule has 7 nitrogen and oxygen atoms in total. The molecule has 2 amide bonds. The van der Waals surface area contributed by atoms with Gasteiger partial charge < -0.3 is 14.8 Å². The van der Waals surface area contributed by atoms with Gasteiger partial charge in [0.2, 0.25) is 5.91 Å². The van der Waals surface area contributed by atoms with Gasteiger partial charge in [-0.1, -0.05) is 42.0 Å². The summed E-state index contributed by atoms with van der Waals surface area (Å²) in [5.41, 5.74) is 1.92. The topological polar surface area (TPSA) is 84.9 Å². The Hall–Kier alpha value is -2.83. The molecule has 1 aromatic rings. The van der Waals surface area contributed by atoms with Crippen LogP contribution < -0.4 is 5.32 Å². The van der Waals surface area contributed by atoms with Crippen LogP contribution in [0.1, 0.15) is 38.7 Å². The first-order valence-electron chi connectivity index (χ1n) is 9.41. The van der Waals surface area contributed by atoms with Gasteiger partial charge in [0.1, 0.15) is 18.7 Å². The fourth-order valence-electron chi connectivity index (χ4n) is 3.04. The summed E-state index contributed by atoms with van der Waals surface area (Å²) in [6.45, 7) is 4.42. The van der Waals surface area contributed by atoms with Gasteiger partial charge in [0, 0.05) is 6.54 Å². The van der Waals surface area contributed by atoms with Crippen LogP contribution in [0.2, 0.25) is 0 Å². The predicted molar refractivity (Wildman–Crippen MR) is 104 cm³/mol. The Balaban J connectivity index is 1.97. The Morgan fingerprint density at radius 2 is 1.96 bits per heavy atom. The van der Waals surface area contributed by atoms with Crippen molar-refractivity contribution in [2.24, 2.45) is 0 Å². The standard InChI is InChI=1S/C21H28N2O5/c1-15(2)11-12-17(20(25)27-3)22-19(24)18-10-7-13-23(18)21(26)28-14-16-8-5-4-6-9-16/h4-6,8-9,11,17-18H,7,10,12-14H2,1-3H3,(H,22,24)/t17-,18-/m1/s1. The van der Waals surface area contributed by atoms with E-state index >= 15 is 0 Å². The van der Waals surface area contributed by atoms with Crippen LogP contribution in [0.15, 0.2) is 42.0 Å². The first kappa shape index (κ1) is 21.5. The third-order valence-corrected chi connectivity index (χ3v) is 4.56. The average molecular weight is 388 g/mol. The molecule has 1 aromatic carbocycles. The minimum atomic E-state index is -0.782.